The van der Waals surface area contributed by atoms with Gasteiger partial charge >= 0.3 is 11.9 Å². The molecule has 0 atom stereocenters. The highest BCUT2D eigenvalue weighted by molar-refractivity contribution is 7.99. The highest BCUT2D eigenvalue weighted by Crippen LogP contribution is 2.35. The second-order valence-corrected chi connectivity index (χ2v) is 9.02. The van der Waals surface area contributed by atoms with Gasteiger partial charge in [-0.3, -0.25) is 4.79 Å². The largest absolute Gasteiger partial charge is 0.462 e. The number of amides is 1. The van der Waals surface area contributed by atoms with Crippen molar-refractivity contribution in [3.63, 3.8) is 0 Å². The van der Waals surface area contributed by atoms with Crippen LogP contribution in [0.25, 0.3) is 0 Å². The van der Waals surface area contributed by atoms with Crippen molar-refractivity contribution < 1.29 is 23.9 Å². The molecular weight excluding hydrogens is 410 g/mol. The fraction of sp³-hybridized carbons (Fsp3) is 0.381. The molecule has 2 rings (SSSR count). The third-order valence-electron chi connectivity index (χ3n) is 3.78. The van der Waals surface area contributed by atoms with E-state index in [1.54, 1.807) is 44.7 Å². The summed E-state index contributed by atoms with van der Waals surface area (Å²) in [5, 5.41) is 3.43. The predicted molar refractivity (Wildman–Crippen MR) is 116 cm³/mol. The van der Waals surface area contributed by atoms with Gasteiger partial charge in [0.2, 0.25) is 0 Å². The van der Waals surface area contributed by atoms with E-state index in [1.807, 2.05) is 12.1 Å². The monoisotopic (exact) mass is 435 g/mol. The minimum absolute atomic E-state index is 0.181. The highest BCUT2D eigenvalue weighted by atomic mass is 32.2. The van der Waals surface area contributed by atoms with Gasteiger partial charge < -0.3 is 14.8 Å². The van der Waals surface area contributed by atoms with E-state index < -0.39 is 11.9 Å². The average Bonchev–Trinajstić information content (AvgIpc) is 2.98. The van der Waals surface area contributed by atoms with Gasteiger partial charge in [-0.05, 0) is 44.5 Å². The number of nitrogens with one attached hydrogen (secondary N) is 1. The van der Waals surface area contributed by atoms with Gasteiger partial charge in [-0.25, -0.2) is 9.59 Å². The first-order chi connectivity index (χ1) is 13.8. The summed E-state index contributed by atoms with van der Waals surface area (Å²) in [6.45, 7) is 9.60. The van der Waals surface area contributed by atoms with E-state index in [0.717, 1.165) is 16.2 Å². The molecule has 0 saturated carbocycles. The maximum absolute atomic E-state index is 12.8. The first-order valence-corrected chi connectivity index (χ1v) is 11.0. The molecule has 1 aromatic carbocycles. The number of anilines is 1. The van der Waals surface area contributed by atoms with E-state index in [4.69, 9.17) is 9.47 Å². The first-order valence-electron chi connectivity index (χ1n) is 9.34. The molecule has 0 bridgehead atoms. The van der Waals surface area contributed by atoms with Crippen LogP contribution in [-0.4, -0.2) is 36.3 Å². The molecule has 0 aliphatic heterocycles. The van der Waals surface area contributed by atoms with Crippen LogP contribution in [0.2, 0.25) is 0 Å². The van der Waals surface area contributed by atoms with Crippen LogP contribution in [0.4, 0.5) is 5.00 Å². The Hall–Kier alpha value is -2.32. The predicted octanol–water partition coefficient (Wildman–Crippen LogP) is 5.16. The molecule has 0 spiro atoms. The molecule has 8 heteroatoms. The Labute approximate surface area is 179 Å². The number of thiophene rings is 1. The van der Waals surface area contributed by atoms with Gasteiger partial charge in [0.1, 0.15) is 9.88 Å². The van der Waals surface area contributed by atoms with E-state index in [9.17, 15) is 14.4 Å². The van der Waals surface area contributed by atoms with Crippen molar-refractivity contribution in [2.24, 2.45) is 0 Å². The second-order valence-electron chi connectivity index (χ2n) is 6.35. The van der Waals surface area contributed by atoms with Crippen LogP contribution in [0.15, 0.2) is 29.2 Å². The molecule has 6 nitrogen and oxygen atoms in total. The number of carbonyl (C=O) groups is 3. The summed E-state index contributed by atoms with van der Waals surface area (Å²) in [5.41, 5.74) is 1.08. The number of hydrogen-bond acceptors (Lipinski definition) is 7. The molecule has 0 aliphatic rings. The minimum atomic E-state index is -0.587. The lowest BCUT2D eigenvalue weighted by Crippen LogP contribution is -2.15. The number of thioether (sulfide) groups is 1. The zero-order valence-electron chi connectivity index (χ0n) is 17.2. The van der Waals surface area contributed by atoms with Crippen molar-refractivity contribution in [1.82, 2.24) is 0 Å². The third-order valence-corrected chi connectivity index (χ3v) is 5.97. The quantitative estimate of drug-likeness (QED) is 0.455. The summed E-state index contributed by atoms with van der Waals surface area (Å²) in [6.07, 6.45) is 0. The molecule has 1 N–H and O–H groups in total. The number of esters is 2. The van der Waals surface area contributed by atoms with E-state index in [1.165, 1.54) is 0 Å². The number of hydrogen-bond donors (Lipinski definition) is 1. The van der Waals surface area contributed by atoms with E-state index >= 15 is 0 Å². The second kappa shape index (κ2) is 10.5. The van der Waals surface area contributed by atoms with Gasteiger partial charge in [0.25, 0.3) is 5.91 Å². The Bertz CT molecular complexity index is 904. The molecule has 0 aliphatic carbocycles. The number of rotatable bonds is 8. The molecular formula is C21H25NO5S2. The molecule has 156 valence electrons. The van der Waals surface area contributed by atoms with Crippen molar-refractivity contribution in [2.75, 3.05) is 18.5 Å². The van der Waals surface area contributed by atoms with Crippen molar-refractivity contribution in [2.45, 2.75) is 44.8 Å². The lowest BCUT2D eigenvalue weighted by molar-refractivity contribution is 0.0527. The van der Waals surface area contributed by atoms with Crippen LogP contribution >= 0.6 is 23.1 Å². The fourth-order valence-electron chi connectivity index (χ4n) is 2.60. The molecule has 0 fully saturated rings. The van der Waals surface area contributed by atoms with Crippen LogP contribution in [0.5, 0.6) is 0 Å². The third kappa shape index (κ3) is 5.83. The van der Waals surface area contributed by atoms with Crippen LogP contribution < -0.4 is 5.32 Å². The summed E-state index contributed by atoms with van der Waals surface area (Å²) in [7, 11) is 0. The Kier molecular flexibility index (Phi) is 8.28. The molecule has 1 aromatic heterocycles. The summed E-state index contributed by atoms with van der Waals surface area (Å²) in [4.78, 5) is 38.8. The molecule has 1 amide bonds. The summed E-state index contributed by atoms with van der Waals surface area (Å²) < 4.78 is 10.2. The normalized spacial score (nSPS) is 10.7. The molecule has 0 unspecified atom stereocenters. The van der Waals surface area contributed by atoms with Crippen molar-refractivity contribution in [1.29, 1.82) is 0 Å². The van der Waals surface area contributed by atoms with Gasteiger partial charge in [0, 0.05) is 15.7 Å². The van der Waals surface area contributed by atoms with E-state index in [-0.39, 0.29) is 34.6 Å². The molecule has 2 aromatic rings. The number of ether oxygens (including phenoxy) is 2. The van der Waals surface area contributed by atoms with Crippen molar-refractivity contribution in [3.05, 3.63) is 45.8 Å². The number of benzene rings is 1. The Balaban J connectivity index is 2.37. The Morgan fingerprint density at radius 2 is 1.76 bits per heavy atom. The van der Waals surface area contributed by atoms with Crippen molar-refractivity contribution in [3.8, 4) is 0 Å². The molecule has 1 heterocycles. The maximum Gasteiger partial charge on any atom is 0.348 e. The van der Waals surface area contributed by atoms with Crippen LogP contribution in [-0.2, 0) is 9.47 Å². The standard InChI is InChI=1S/C21H25NO5S2/c1-6-26-20(24)16-13(5)17(21(25)27-7-2)29-19(16)22-18(23)14-9-8-10-15(11-14)28-12(3)4/h8-12H,6-7H2,1-5H3,(H,22,23). The Morgan fingerprint density at radius 3 is 2.38 bits per heavy atom. The highest BCUT2D eigenvalue weighted by Gasteiger charge is 2.27. The summed E-state index contributed by atoms with van der Waals surface area (Å²) in [5.74, 6) is -1.48. The molecule has 29 heavy (non-hydrogen) atoms. The fourth-order valence-corrected chi connectivity index (χ4v) is 4.58. The van der Waals surface area contributed by atoms with Crippen LogP contribution in [0.3, 0.4) is 0 Å². The topological polar surface area (TPSA) is 81.7 Å². The smallest absolute Gasteiger partial charge is 0.348 e. The molecule has 0 saturated heterocycles. The van der Waals surface area contributed by atoms with Gasteiger partial charge in [0.05, 0.1) is 18.8 Å². The SMILES string of the molecule is CCOC(=O)c1sc(NC(=O)c2cccc(SC(C)C)c2)c(C(=O)OCC)c1C. The summed E-state index contributed by atoms with van der Waals surface area (Å²) >= 11 is 2.67. The minimum Gasteiger partial charge on any atom is -0.462 e. The zero-order chi connectivity index (χ0) is 21.6. The van der Waals surface area contributed by atoms with E-state index in [2.05, 4.69) is 19.2 Å². The summed E-state index contributed by atoms with van der Waals surface area (Å²) in [6, 6.07) is 7.27. The lowest BCUT2D eigenvalue weighted by Gasteiger charge is -2.09. The van der Waals surface area contributed by atoms with Crippen molar-refractivity contribution >= 4 is 45.9 Å². The maximum atomic E-state index is 12.8. The Morgan fingerprint density at radius 1 is 1.10 bits per heavy atom. The first kappa shape index (κ1) is 23.0. The zero-order valence-corrected chi connectivity index (χ0v) is 18.8. The van der Waals surface area contributed by atoms with Gasteiger partial charge in [0.15, 0.2) is 0 Å². The number of carbonyl (C=O) groups excluding carboxylic acids is 3. The van der Waals surface area contributed by atoms with Gasteiger partial charge in [-0.1, -0.05) is 19.9 Å². The van der Waals surface area contributed by atoms with E-state index in [0.29, 0.717) is 16.4 Å². The lowest BCUT2D eigenvalue weighted by atomic mass is 10.1. The molecule has 0 radical (unpaired) electrons. The van der Waals surface area contributed by atoms with Crippen LogP contribution in [0.1, 0.15) is 63.6 Å². The average molecular weight is 436 g/mol. The van der Waals surface area contributed by atoms with Gasteiger partial charge in [-0.15, -0.1) is 23.1 Å². The van der Waals surface area contributed by atoms with Crippen LogP contribution in [0, 0.1) is 6.92 Å². The van der Waals surface area contributed by atoms with Gasteiger partial charge in [-0.2, -0.15) is 0 Å².